The van der Waals surface area contributed by atoms with E-state index in [1.807, 2.05) is 36.7 Å². The number of aryl methyl sites for hydroxylation is 2. The summed E-state index contributed by atoms with van der Waals surface area (Å²) in [5.74, 6) is 0.735. The van der Waals surface area contributed by atoms with Crippen LogP contribution < -0.4 is 10.6 Å². The van der Waals surface area contributed by atoms with Gasteiger partial charge in [0, 0.05) is 18.3 Å². The summed E-state index contributed by atoms with van der Waals surface area (Å²) in [6, 6.07) is 12.1. The van der Waals surface area contributed by atoms with Crippen LogP contribution in [-0.2, 0) is 13.1 Å². The molecule has 0 saturated heterocycles. The van der Waals surface area contributed by atoms with Crippen molar-refractivity contribution >= 4 is 29.9 Å². The van der Waals surface area contributed by atoms with Gasteiger partial charge in [-0.15, -0.1) is 24.0 Å². The van der Waals surface area contributed by atoms with E-state index in [1.54, 1.807) is 6.26 Å². The predicted octanol–water partition coefficient (Wildman–Crippen LogP) is 3.35. The molecule has 0 aliphatic heterocycles. The minimum Gasteiger partial charge on any atom is -0.364 e. The van der Waals surface area contributed by atoms with Gasteiger partial charge in [-0.05, 0) is 38.5 Å². The van der Waals surface area contributed by atoms with Crippen LogP contribution in [0.25, 0.3) is 5.69 Å². The minimum absolute atomic E-state index is 0. The van der Waals surface area contributed by atoms with E-state index in [0.717, 1.165) is 40.8 Å². The second-order valence-corrected chi connectivity index (χ2v) is 6.01. The van der Waals surface area contributed by atoms with Crippen molar-refractivity contribution in [2.45, 2.75) is 33.9 Å². The molecule has 7 nitrogen and oxygen atoms in total. The van der Waals surface area contributed by atoms with Gasteiger partial charge in [0.25, 0.3) is 0 Å². The van der Waals surface area contributed by atoms with Crippen molar-refractivity contribution in [1.82, 2.24) is 25.6 Å². The Labute approximate surface area is 176 Å². The van der Waals surface area contributed by atoms with Gasteiger partial charge in [-0.1, -0.05) is 23.4 Å². The monoisotopic (exact) mass is 480 g/mol. The first-order chi connectivity index (χ1) is 12.7. The zero-order valence-corrected chi connectivity index (χ0v) is 18.1. The van der Waals surface area contributed by atoms with E-state index in [1.165, 1.54) is 0 Å². The van der Waals surface area contributed by atoms with E-state index in [4.69, 9.17) is 9.52 Å². The molecule has 0 bridgehead atoms. The van der Waals surface area contributed by atoms with Gasteiger partial charge >= 0.3 is 0 Å². The molecule has 0 spiro atoms. The minimum atomic E-state index is 0. The zero-order valence-electron chi connectivity index (χ0n) is 15.8. The van der Waals surface area contributed by atoms with Gasteiger partial charge in [0.1, 0.15) is 12.0 Å². The highest BCUT2D eigenvalue weighted by Crippen LogP contribution is 2.17. The number of hydrogen-bond donors (Lipinski definition) is 2. The van der Waals surface area contributed by atoms with Crippen molar-refractivity contribution < 1.29 is 4.52 Å². The molecule has 2 heterocycles. The van der Waals surface area contributed by atoms with Gasteiger partial charge in [-0.25, -0.2) is 9.67 Å². The Morgan fingerprint density at radius 2 is 2.00 bits per heavy atom. The first kappa shape index (κ1) is 20.9. The Balaban J connectivity index is 0.00000261. The molecule has 0 unspecified atom stereocenters. The fraction of sp³-hybridized carbons (Fsp3) is 0.316. The molecule has 0 amide bonds. The molecule has 3 aromatic rings. The second-order valence-electron chi connectivity index (χ2n) is 6.01. The number of nitrogens with one attached hydrogen (secondary N) is 2. The van der Waals surface area contributed by atoms with Gasteiger partial charge < -0.3 is 15.2 Å². The highest BCUT2D eigenvalue weighted by atomic mass is 127. The first-order valence-electron chi connectivity index (χ1n) is 8.70. The molecule has 27 heavy (non-hydrogen) atoms. The lowest BCUT2D eigenvalue weighted by atomic mass is 10.2. The summed E-state index contributed by atoms with van der Waals surface area (Å²) in [5, 5.41) is 15.0. The topological polar surface area (TPSA) is 80.3 Å². The SMILES string of the molecule is CCNC(=NCc1ccccc1-n1nc(C)cc1C)NCc1ccon1.I. The van der Waals surface area contributed by atoms with E-state index in [0.29, 0.717) is 13.1 Å². The summed E-state index contributed by atoms with van der Waals surface area (Å²) in [5.41, 5.74) is 5.10. The zero-order chi connectivity index (χ0) is 18.4. The van der Waals surface area contributed by atoms with Crippen molar-refractivity contribution in [3.05, 3.63) is 65.3 Å². The van der Waals surface area contributed by atoms with E-state index >= 15 is 0 Å². The molecule has 144 valence electrons. The number of halogens is 1. The van der Waals surface area contributed by atoms with Gasteiger partial charge in [0.2, 0.25) is 0 Å². The average molecular weight is 480 g/mol. The smallest absolute Gasteiger partial charge is 0.191 e. The Kier molecular flexibility index (Phi) is 7.83. The normalized spacial score (nSPS) is 11.1. The number of aromatic nitrogens is 3. The fourth-order valence-corrected chi connectivity index (χ4v) is 2.73. The highest BCUT2D eigenvalue weighted by Gasteiger charge is 2.09. The summed E-state index contributed by atoms with van der Waals surface area (Å²) < 4.78 is 6.82. The van der Waals surface area contributed by atoms with Gasteiger partial charge in [0.05, 0.1) is 24.5 Å². The van der Waals surface area contributed by atoms with E-state index in [2.05, 4.69) is 46.0 Å². The Bertz CT molecular complexity index is 872. The van der Waals surface area contributed by atoms with Crippen LogP contribution in [-0.4, -0.2) is 27.4 Å². The molecule has 0 aliphatic rings. The van der Waals surface area contributed by atoms with Crippen molar-refractivity contribution in [3.63, 3.8) is 0 Å². The molecule has 0 aliphatic carbocycles. The number of para-hydroxylation sites is 1. The molecule has 0 fully saturated rings. The largest absolute Gasteiger partial charge is 0.364 e. The molecule has 2 N–H and O–H groups in total. The van der Waals surface area contributed by atoms with Gasteiger partial charge in [-0.2, -0.15) is 5.10 Å². The summed E-state index contributed by atoms with van der Waals surface area (Å²) in [7, 11) is 0. The Morgan fingerprint density at radius 3 is 2.67 bits per heavy atom. The summed E-state index contributed by atoms with van der Waals surface area (Å²) in [4.78, 5) is 4.70. The van der Waals surface area contributed by atoms with Crippen LogP contribution in [0.2, 0.25) is 0 Å². The van der Waals surface area contributed by atoms with Crippen molar-refractivity contribution in [2.75, 3.05) is 6.54 Å². The third-order valence-corrected chi connectivity index (χ3v) is 3.91. The maximum absolute atomic E-state index is 4.85. The number of aliphatic imine (C=N–C) groups is 1. The van der Waals surface area contributed by atoms with E-state index < -0.39 is 0 Å². The lowest BCUT2D eigenvalue weighted by Crippen LogP contribution is -2.36. The maximum Gasteiger partial charge on any atom is 0.191 e. The van der Waals surface area contributed by atoms with E-state index in [9.17, 15) is 0 Å². The standard InChI is InChI=1S/C19H24N6O.HI/c1-4-20-19(22-13-17-9-10-26-24-17)21-12-16-7-5-6-8-18(16)25-15(3)11-14(2)23-25;/h5-11H,4,12-13H2,1-3H3,(H2,20,21,22);1H. The van der Waals surface area contributed by atoms with Gasteiger partial charge in [-0.3, -0.25) is 0 Å². The average Bonchev–Trinajstić information content (AvgIpc) is 3.27. The first-order valence-corrected chi connectivity index (χ1v) is 8.70. The quantitative estimate of drug-likeness (QED) is 0.322. The molecule has 0 atom stereocenters. The molecule has 8 heteroatoms. The second kappa shape index (κ2) is 10.1. The lowest BCUT2D eigenvalue weighted by Gasteiger charge is -2.12. The van der Waals surface area contributed by atoms with Crippen molar-refractivity contribution in [2.24, 2.45) is 4.99 Å². The highest BCUT2D eigenvalue weighted by molar-refractivity contribution is 14.0. The van der Waals surface area contributed by atoms with Crippen LogP contribution >= 0.6 is 24.0 Å². The third-order valence-electron chi connectivity index (χ3n) is 3.91. The van der Waals surface area contributed by atoms with E-state index in [-0.39, 0.29) is 24.0 Å². The Hall–Kier alpha value is -2.36. The summed E-state index contributed by atoms with van der Waals surface area (Å²) >= 11 is 0. The number of guanidine groups is 1. The fourth-order valence-electron chi connectivity index (χ4n) is 2.73. The maximum atomic E-state index is 4.85. The van der Waals surface area contributed by atoms with Crippen molar-refractivity contribution in [1.29, 1.82) is 0 Å². The molecular weight excluding hydrogens is 455 g/mol. The van der Waals surface area contributed by atoms with Crippen LogP contribution in [0.4, 0.5) is 0 Å². The van der Waals surface area contributed by atoms with Crippen LogP contribution in [0.5, 0.6) is 0 Å². The number of nitrogens with zero attached hydrogens (tertiary/aromatic N) is 4. The molecule has 0 radical (unpaired) electrons. The number of rotatable bonds is 6. The number of benzene rings is 1. The van der Waals surface area contributed by atoms with Crippen molar-refractivity contribution in [3.8, 4) is 5.69 Å². The van der Waals surface area contributed by atoms with Gasteiger partial charge in [0.15, 0.2) is 5.96 Å². The molecular formula is C19H25IN6O. The summed E-state index contributed by atoms with van der Waals surface area (Å²) in [6.45, 7) is 7.98. The molecule has 0 saturated carbocycles. The molecule has 2 aromatic heterocycles. The van der Waals surface area contributed by atoms with Crippen LogP contribution in [0.3, 0.4) is 0 Å². The number of hydrogen-bond acceptors (Lipinski definition) is 4. The van der Waals surface area contributed by atoms with Crippen LogP contribution in [0.1, 0.15) is 29.6 Å². The molecule has 1 aromatic carbocycles. The molecule has 3 rings (SSSR count). The third kappa shape index (κ3) is 5.56. The Morgan fingerprint density at radius 1 is 1.19 bits per heavy atom. The summed E-state index contributed by atoms with van der Waals surface area (Å²) in [6.07, 6.45) is 1.56. The van der Waals surface area contributed by atoms with Crippen LogP contribution in [0.15, 0.2) is 52.2 Å². The lowest BCUT2D eigenvalue weighted by molar-refractivity contribution is 0.410. The van der Waals surface area contributed by atoms with Crippen LogP contribution in [0, 0.1) is 13.8 Å². The predicted molar refractivity (Wildman–Crippen MR) is 117 cm³/mol.